The number of para-hydroxylation sites is 1. The molecule has 14 heteroatoms. The predicted molar refractivity (Wildman–Crippen MR) is 177 cm³/mol. The first-order valence-electron chi connectivity index (χ1n) is 16.2. The third kappa shape index (κ3) is 4.93. The molecule has 2 aliphatic carbocycles. The Kier molecular flexibility index (Phi) is 8.25. The average molecular weight is 728 g/mol. The smallest absolute Gasteiger partial charge is 0.417 e. The highest BCUT2D eigenvalue weighted by Crippen LogP contribution is 2.65. The number of benzene rings is 2. The van der Waals surface area contributed by atoms with Gasteiger partial charge in [-0.15, -0.1) is 0 Å². The molecule has 50 heavy (non-hydrogen) atoms. The largest absolute Gasteiger partial charge is 0.507 e. The van der Waals surface area contributed by atoms with Crippen LogP contribution >= 0.6 is 23.2 Å². The van der Waals surface area contributed by atoms with Crippen molar-refractivity contribution < 1.29 is 37.5 Å². The number of amides is 4. The van der Waals surface area contributed by atoms with Crippen LogP contribution in [0.3, 0.4) is 0 Å². The lowest BCUT2D eigenvalue weighted by molar-refractivity contribution is -0.141. The number of aromatic nitrogens is 1. The molecule has 0 bridgehead atoms. The molecular weight excluding hydrogens is 696 g/mol. The van der Waals surface area contributed by atoms with Crippen molar-refractivity contribution in [2.24, 2.45) is 23.7 Å². The molecule has 4 amide bonds. The van der Waals surface area contributed by atoms with E-state index in [1.54, 1.807) is 49.4 Å². The fourth-order valence-corrected chi connectivity index (χ4v) is 8.89. The number of carbonyl (C=O) groups excluding carboxylic acids is 4. The molecule has 1 saturated carbocycles. The van der Waals surface area contributed by atoms with Crippen molar-refractivity contribution in [1.82, 2.24) is 14.9 Å². The molecule has 6 unspecified atom stereocenters. The Bertz CT molecular complexity index is 1990. The summed E-state index contributed by atoms with van der Waals surface area (Å²) < 4.78 is 40.2. The van der Waals surface area contributed by atoms with Crippen LogP contribution < -0.4 is 5.43 Å². The Balaban J connectivity index is 1.44. The van der Waals surface area contributed by atoms with Crippen molar-refractivity contribution in [2.45, 2.75) is 50.6 Å². The van der Waals surface area contributed by atoms with Gasteiger partial charge >= 0.3 is 6.18 Å². The van der Waals surface area contributed by atoms with Gasteiger partial charge < -0.3 is 5.11 Å². The normalized spacial score (nSPS) is 27.7. The fourth-order valence-electron chi connectivity index (χ4n) is 8.55. The standard InChI is InChI=1S/C36H31Cl2F3N4O5/c1-3-13-44-31(47)22-12-11-21-24(27(22)33(44)49)15-25-32(48)45(43-30-26(38)14-19(16-42-30)36(39,40)41)34(50)35(25,18-7-9-20(37)10-8-18)28(21)23-6-4-5-17(2)29(23)46/h4-11,14,16,22,24-25,27-28,46H,3,12-13,15H2,1-2H3,(H,42,43). The van der Waals surface area contributed by atoms with Gasteiger partial charge in [-0.25, -0.2) is 4.98 Å². The molecule has 9 nitrogen and oxygen atoms in total. The van der Waals surface area contributed by atoms with E-state index in [0.717, 1.165) is 5.01 Å². The molecule has 2 aromatic carbocycles. The maximum absolute atomic E-state index is 15.2. The number of imide groups is 2. The highest BCUT2D eigenvalue weighted by atomic mass is 35.5. The van der Waals surface area contributed by atoms with Gasteiger partial charge in [0, 0.05) is 29.2 Å². The molecule has 2 saturated heterocycles. The number of allylic oxidation sites excluding steroid dienone is 2. The van der Waals surface area contributed by atoms with E-state index in [2.05, 4.69) is 10.4 Å². The van der Waals surface area contributed by atoms with Crippen molar-refractivity contribution in [1.29, 1.82) is 0 Å². The van der Waals surface area contributed by atoms with Crippen LogP contribution in [0.5, 0.6) is 5.75 Å². The van der Waals surface area contributed by atoms with Gasteiger partial charge in [-0.05, 0) is 61.4 Å². The van der Waals surface area contributed by atoms with Crippen LogP contribution in [0.25, 0.3) is 0 Å². The number of aromatic hydroxyl groups is 1. The molecular formula is C36H31Cl2F3N4O5. The maximum atomic E-state index is 15.2. The quantitative estimate of drug-likeness (QED) is 0.212. The molecule has 2 N–H and O–H groups in total. The Morgan fingerprint density at radius 1 is 1.02 bits per heavy atom. The molecule has 0 radical (unpaired) electrons. The van der Waals surface area contributed by atoms with Crippen LogP contribution in [0.4, 0.5) is 19.0 Å². The first-order valence-corrected chi connectivity index (χ1v) is 16.9. The second-order valence-electron chi connectivity index (χ2n) is 13.3. The number of phenols is 1. The number of nitrogens with one attached hydrogen (secondary N) is 1. The summed E-state index contributed by atoms with van der Waals surface area (Å²) in [6, 6.07) is 12.2. The topological polar surface area (TPSA) is 120 Å². The van der Waals surface area contributed by atoms with Gasteiger partial charge in [0.25, 0.3) is 11.8 Å². The number of halogens is 5. The maximum Gasteiger partial charge on any atom is 0.417 e. The Morgan fingerprint density at radius 3 is 2.40 bits per heavy atom. The minimum absolute atomic E-state index is 0.00534. The Labute approximate surface area is 295 Å². The third-order valence-corrected chi connectivity index (χ3v) is 11.2. The SMILES string of the molecule is CCCN1C(=O)C2CC=C3C(CC4C(=O)N(Nc5ncc(C(F)(F)F)cc5Cl)C(=O)C4(c4ccc(Cl)cc4)C3c3cccc(C)c3O)C2C1=O. The molecule has 4 aliphatic rings. The predicted octanol–water partition coefficient (Wildman–Crippen LogP) is 6.82. The number of hydrogen-bond acceptors (Lipinski definition) is 7. The lowest BCUT2D eigenvalue weighted by Gasteiger charge is -2.50. The van der Waals surface area contributed by atoms with Crippen LogP contribution in [0.2, 0.25) is 10.0 Å². The minimum atomic E-state index is -4.74. The number of hydrazine groups is 1. The summed E-state index contributed by atoms with van der Waals surface area (Å²) in [6.45, 7) is 3.82. The van der Waals surface area contributed by atoms with Gasteiger partial charge in [0.15, 0.2) is 5.82 Å². The van der Waals surface area contributed by atoms with Crippen LogP contribution in [0.15, 0.2) is 66.4 Å². The average Bonchev–Trinajstić information content (AvgIpc) is 3.44. The molecule has 2 aliphatic heterocycles. The van der Waals surface area contributed by atoms with Crippen molar-refractivity contribution in [3.63, 3.8) is 0 Å². The summed E-state index contributed by atoms with van der Waals surface area (Å²) in [5, 5.41) is 12.2. The van der Waals surface area contributed by atoms with Crippen molar-refractivity contribution >= 4 is 52.6 Å². The minimum Gasteiger partial charge on any atom is -0.507 e. The number of pyridine rings is 1. The lowest BCUT2D eigenvalue weighted by Crippen LogP contribution is -2.53. The summed E-state index contributed by atoms with van der Waals surface area (Å²) >= 11 is 12.5. The highest BCUT2D eigenvalue weighted by Gasteiger charge is 2.70. The highest BCUT2D eigenvalue weighted by molar-refractivity contribution is 6.33. The second kappa shape index (κ2) is 12.1. The summed E-state index contributed by atoms with van der Waals surface area (Å²) in [6.07, 6.45) is -1.54. The third-order valence-electron chi connectivity index (χ3n) is 10.7. The molecule has 260 valence electrons. The van der Waals surface area contributed by atoms with Crippen LogP contribution in [0, 0.1) is 30.6 Å². The van der Waals surface area contributed by atoms with Crippen molar-refractivity contribution in [2.75, 3.05) is 12.0 Å². The van der Waals surface area contributed by atoms with E-state index in [9.17, 15) is 32.7 Å². The molecule has 3 heterocycles. The summed E-state index contributed by atoms with van der Waals surface area (Å²) in [5.74, 6) is -6.81. The Morgan fingerprint density at radius 2 is 1.74 bits per heavy atom. The van der Waals surface area contributed by atoms with Crippen LogP contribution in [-0.2, 0) is 30.8 Å². The molecule has 3 aromatic rings. The fraction of sp³-hybridized carbons (Fsp3) is 0.361. The first-order chi connectivity index (χ1) is 23.7. The molecule has 3 fully saturated rings. The Hall–Kier alpha value is -4.42. The zero-order chi connectivity index (χ0) is 35.9. The van der Waals surface area contributed by atoms with E-state index in [-0.39, 0.29) is 42.8 Å². The number of phenolic OH excluding ortho intramolecular Hbond substituents is 1. The van der Waals surface area contributed by atoms with Crippen LogP contribution in [0.1, 0.15) is 54.4 Å². The molecule has 0 spiro atoms. The molecule has 1 aromatic heterocycles. The summed E-state index contributed by atoms with van der Waals surface area (Å²) in [7, 11) is 0. The van der Waals surface area contributed by atoms with Gasteiger partial charge in [-0.3, -0.25) is 29.5 Å². The lowest BCUT2D eigenvalue weighted by atomic mass is 9.49. The van der Waals surface area contributed by atoms with E-state index in [1.807, 2.05) is 13.0 Å². The number of anilines is 1. The number of carbonyl (C=O) groups is 4. The van der Waals surface area contributed by atoms with E-state index in [1.165, 1.54) is 4.90 Å². The number of fused-ring (bicyclic) bond motifs is 4. The van der Waals surface area contributed by atoms with Crippen LogP contribution in [-0.4, -0.2) is 50.2 Å². The zero-order valence-corrected chi connectivity index (χ0v) is 28.3. The van der Waals surface area contributed by atoms with Gasteiger partial charge in [0.2, 0.25) is 11.8 Å². The van der Waals surface area contributed by atoms with Gasteiger partial charge in [0.05, 0.1) is 33.8 Å². The van der Waals surface area contributed by atoms with Crippen molar-refractivity contribution in [3.05, 3.63) is 98.7 Å². The van der Waals surface area contributed by atoms with E-state index >= 15 is 4.79 Å². The van der Waals surface area contributed by atoms with E-state index < -0.39 is 63.6 Å². The summed E-state index contributed by atoms with van der Waals surface area (Å²) in [4.78, 5) is 62.4. The van der Waals surface area contributed by atoms with E-state index in [4.69, 9.17) is 23.2 Å². The number of nitrogens with zero attached hydrogens (tertiary/aromatic N) is 3. The van der Waals surface area contributed by atoms with E-state index in [0.29, 0.717) is 46.0 Å². The second-order valence-corrected chi connectivity index (χ2v) is 14.1. The monoisotopic (exact) mass is 726 g/mol. The molecule has 6 atom stereocenters. The zero-order valence-electron chi connectivity index (χ0n) is 26.8. The number of rotatable bonds is 6. The van der Waals surface area contributed by atoms with Gasteiger partial charge in [-0.1, -0.05) is 72.1 Å². The van der Waals surface area contributed by atoms with Gasteiger partial charge in [-0.2, -0.15) is 18.2 Å². The van der Waals surface area contributed by atoms with Gasteiger partial charge in [0.1, 0.15) is 5.75 Å². The van der Waals surface area contributed by atoms with Crippen molar-refractivity contribution in [3.8, 4) is 5.75 Å². The molecule has 7 rings (SSSR count). The summed E-state index contributed by atoms with van der Waals surface area (Å²) in [5.41, 5.74) is 1.64. The number of likely N-dealkylation sites (tertiary alicyclic amines) is 1. The number of aryl methyl sites for hydroxylation is 1. The number of hydrogen-bond donors (Lipinski definition) is 2. The first kappa shape index (κ1) is 34.0. The number of alkyl halides is 3.